The Kier molecular flexibility index (Phi) is 6.41. The Morgan fingerprint density at radius 2 is 2.12 bits per heavy atom. The van der Waals surface area contributed by atoms with Crippen LogP contribution in [0.4, 0.5) is 13.2 Å². The van der Waals surface area contributed by atoms with E-state index in [1.165, 1.54) is 27.8 Å². The van der Waals surface area contributed by atoms with Crippen molar-refractivity contribution in [2.75, 3.05) is 26.3 Å². The third-order valence-corrected chi connectivity index (χ3v) is 3.98. The van der Waals surface area contributed by atoms with Crippen molar-refractivity contribution in [2.45, 2.75) is 32.1 Å². The number of carbonyl (C=O) groups is 2. The van der Waals surface area contributed by atoms with Crippen LogP contribution >= 0.6 is 0 Å². The van der Waals surface area contributed by atoms with Crippen molar-refractivity contribution in [3.8, 4) is 0 Å². The molecule has 1 unspecified atom stereocenters. The molecule has 7 nitrogen and oxygen atoms in total. The number of nitrogens with one attached hydrogen (secondary N) is 1. The van der Waals surface area contributed by atoms with Gasteiger partial charge in [-0.25, -0.2) is 0 Å². The van der Waals surface area contributed by atoms with Crippen molar-refractivity contribution in [1.29, 1.82) is 0 Å². The smallest absolute Gasteiger partial charge is 0.377 e. The largest absolute Gasteiger partial charge is 0.405 e. The highest BCUT2D eigenvalue weighted by Gasteiger charge is 2.32. The van der Waals surface area contributed by atoms with Crippen molar-refractivity contribution >= 4 is 11.8 Å². The van der Waals surface area contributed by atoms with Crippen molar-refractivity contribution in [1.82, 2.24) is 14.8 Å². The minimum Gasteiger partial charge on any atom is -0.377 e. The van der Waals surface area contributed by atoms with E-state index in [0.717, 1.165) is 0 Å². The lowest BCUT2D eigenvalue weighted by Gasteiger charge is -2.35. The van der Waals surface area contributed by atoms with E-state index in [0.29, 0.717) is 6.54 Å². The summed E-state index contributed by atoms with van der Waals surface area (Å²) in [7, 11) is 0. The summed E-state index contributed by atoms with van der Waals surface area (Å²) in [5.41, 5.74) is -0.159. The van der Waals surface area contributed by atoms with Crippen LogP contribution in [0.5, 0.6) is 0 Å². The van der Waals surface area contributed by atoms with Gasteiger partial charge in [0.05, 0.1) is 19.3 Å². The molecular weight excluding hydrogens is 355 g/mol. The van der Waals surface area contributed by atoms with Gasteiger partial charge < -0.3 is 19.5 Å². The van der Waals surface area contributed by atoms with Gasteiger partial charge in [0.2, 0.25) is 5.91 Å². The molecule has 0 saturated carbocycles. The van der Waals surface area contributed by atoms with Crippen molar-refractivity contribution in [3.63, 3.8) is 0 Å². The molecule has 1 aliphatic rings. The maximum Gasteiger partial charge on any atom is 0.405 e. The monoisotopic (exact) mass is 375 g/mol. The number of rotatable bonds is 5. The first-order valence-electron chi connectivity index (χ1n) is 8.14. The number of aryl methyl sites for hydroxylation is 1. The number of aromatic nitrogens is 1. The average Bonchev–Trinajstić information content (AvgIpc) is 2.59. The molecule has 2 amide bonds. The molecule has 26 heavy (non-hydrogen) atoms. The van der Waals surface area contributed by atoms with Gasteiger partial charge in [-0.15, -0.1) is 0 Å². The molecule has 1 N–H and O–H groups in total. The zero-order valence-electron chi connectivity index (χ0n) is 14.2. The van der Waals surface area contributed by atoms with E-state index in [9.17, 15) is 27.6 Å². The number of morpholine rings is 1. The lowest BCUT2D eigenvalue weighted by atomic mass is 10.1. The lowest BCUT2D eigenvalue weighted by Crippen LogP contribution is -2.51. The number of halogens is 3. The van der Waals surface area contributed by atoms with Crippen molar-refractivity contribution in [2.24, 2.45) is 0 Å². The molecule has 1 aliphatic heterocycles. The predicted octanol–water partition coefficient (Wildman–Crippen LogP) is 0.778. The first-order valence-corrected chi connectivity index (χ1v) is 8.14. The summed E-state index contributed by atoms with van der Waals surface area (Å²) < 4.78 is 43.2. The van der Waals surface area contributed by atoms with Crippen LogP contribution in [-0.2, 0) is 16.1 Å². The number of hydrogen-bond acceptors (Lipinski definition) is 4. The van der Waals surface area contributed by atoms with Crippen LogP contribution in [0.15, 0.2) is 23.1 Å². The number of alkyl halides is 3. The quantitative estimate of drug-likeness (QED) is 0.825. The average molecular weight is 375 g/mol. The number of pyridine rings is 1. The van der Waals surface area contributed by atoms with Crippen LogP contribution < -0.4 is 10.9 Å². The highest BCUT2D eigenvalue weighted by molar-refractivity contribution is 5.94. The molecule has 0 radical (unpaired) electrons. The standard InChI is InChI=1S/C16H20F3N3O4/c1-2-21-4-3-11(7-14(21)24)15(25)22-5-6-26-9-12(22)8-13(23)20-10-16(17,18)19/h3-4,7,12H,2,5-6,8-10H2,1H3,(H,20,23). The van der Waals surface area contributed by atoms with E-state index < -0.39 is 30.6 Å². The van der Waals surface area contributed by atoms with Crippen LogP contribution in [0.1, 0.15) is 23.7 Å². The molecule has 1 aromatic heterocycles. The Balaban J connectivity index is 2.07. The molecule has 0 aliphatic carbocycles. The third kappa shape index (κ3) is 5.32. The third-order valence-electron chi connectivity index (χ3n) is 3.98. The molecule has 144 valence electrons. The molecule has 2 rings (SSSR count). The normalized spacial score (nSPS) is 17.8. The van der Waals surface area contributed by atoms with Gasteiger partial charge in [0.25, 0.3) is 11.5 Å². The molecule has 1 fully saturated rings. The predicted molar refractivity (Wildman–Crippen MR) is 85.7 cm³/mol. The summed E-state index contributed by atoms with van der Waals surface area (Å²) in [6, 6.07) is 2.02. The second-order valence-corrected chi connectivity index (χ2v) is 5.86. The SMILES string of the molecule is CCn1ccc(C(=O)N2CCOCC2CC(=O)NCC(F)(F)F)cc1=O. The first-order chi connectivity index (χ1) is 12.2. The fourth-order valence-corrected chi connectivity index (χ4v) is 2.64. The summed E-state index contributed by atoms with van der Waals surface area (Å²) >= 11 is 0. The van der Waals surface area contributed by atoms with Crippen LogP contribution in [0.3, 0.4) is 0 Å². The minimum atomic E-state index is -4.50. The number of amides is 2. The molecule has 0 spiro atoms. The molecule has 1 aromatic rings. The van der Waals surface area contributed by atoms with E-state index in [4.69, 9.17) is 4.74 Å². The van der Waals surface area contributed by atoms with E-state index in [1.807, 2.05) is 0 Å². The van der Waals surface area contributed by atoms with Gasteiger partial charge in [-0.3, -0.25) is 14.4 Å². The van der Waals surface area contributed by atoms with Gasteiger partial charge in [0.1, 0.15) is 6.54 Å². The molecule has 2 heterocycles. The van der Waals surface area contributed by atoms with E-state index >= 15 is 0 Å². The highest BCUT2D eigenvalue weighted by atomic mass is 19.4. The van der Waals surface area contributed by atoms with E-state index in [2.05, 4.69) is 0 Å². The molecule has 0 aromatic carbocycles. The number of carbonyl (C=O) groups excluding carboxylic acids is 2. The highest BCUT2D eigenvalue weighted by Crippen LogP contribution is 2.16. The van der Waals surface area contributed by atoms with Crippen molar-refractivity contribution in [3.05, 3.63) is 34.2 Å². The Bertz CT molecular complexity index is 717. The van der Waals surface area contributed by atoms with Gasteiger partial charge in [0.15, 0.2) is 0 Å². The van der Waals surface area contributed by atoms with Gasteiger partial charge >= 0.3 is 6.18 Å². The summed E-state index contributed by atoms with van der Waals surface area (Å²) in [4.78, 5) is 37.7. The zero-order chi connectivity index (χ0) is 19.3. The fraction of sp³-hybridized carbons (Fsp3) is 0.562. The minimum absolute atomic E-state index is 0.0389. The second kappa shape index (κ2) is 8.35. The Labute approximate surface area is 147 Å². The van der Waals surface area contributed by atoms with Crippen LogP contribution in [-0.4, -0.2) is 59.8 Å². The van der Waals surface area contributed by atoms with Gasteiger partial charge in [0, 0.05) is 37.3 Å². The van der Waals surface area contributed by atoms with Crippen molar-refractivity contribution < 1.29 is 27.5 Å². The Hall–Kier alpha value is -2.36. The Morgan fingerprint density at radius 1 is 1.38 bits per heavy atom. The number of hydrogen-bond donors (Lipinski definition) is 1. The maximum absolute atomic E-state index is 12.7. The molecular formula is C16H20F3N3O4. The van der Waals surface area contributed by atoms with Crippen LogP contribution in [0, 0.1) is 0 Å². The van der Waals surface area contributed by atoms with Crippen LogP contribution in [0.25, 0.3) is 0 Å². The summed E-state index contributed by atoms with van der Waals surface area (Å²) in [5.74, 6) is -1.28. The summed E-state index contributed by atoms with van der Waals surface area (Å²) in [6.07, 6.45) is -3.31. The van der Waals surface area contributed by atoms with E-state index in [1.54, 1.807) is 12.2 Å². The summed E-state index contributed by atoms with van der Waals surface area (Å²) in [6.45, 7) is 1.30. The summed E-state index contributed by atoms with van der Waals surface area (Å²) in [5, 5.41) is 1.78. The van der Waals surface area contributed by atoms with Crippen LogP contribution in [0.2, 0.25) is 0 Å². The van der Waals surface area contributed by atoms with E-state index in [-0.39, 0.29) is 37.3 Å². The molecule has 1 atom stereocenters. The zero-order valence-corrected chi connectivity index (χ0v) is 14.2. The maximum atomic E-state index is 12.7. The fourth-order valence-electron chi connectivity index (χ4n) is 2.64. The van der Waals surface area contributed by atoms with Gasteiger partial charge in [-0.2, -0.15) is 13.2 Å². The first kappa shape index (κ1) is 20.0. The lowest BCUT2D eigenvalue weighted by molar-refractivity contribution is -0.139. The Morgan fingerprint density at radius 3 is 2.73 bits per heavy atom. The van der Waals surface area contributed by atoms with Gasteiger partial charge in [-0.1, -0.05) is 0 Å². The number of ether oxygens (including phenoxy) is 1. The molecule has 10 heteroatoms. The molecule has 1 saturated heterocycles. The van der Waals surface area contributed by atoms with Gasteiger partial charge in [-0.05, 0) is 13.0 Å². The number of nitrogens with zero attached hydrogens (tertiary/aromatic N) is 2. The molecule has 0 bridgehead atoms. The second-order valence-electron chi connectivity index (χ2n) is 5.86. The topological polar surface area (TPSA) is 80.6 Å².